The molecule has 1 N–H and O–H groups in total. The summed E-state index contributed by atoms with van der Waals surface area (Å²) in [6.07, 6.45) is 0.0677. The van der Waals surface area contributed by atoms with Crippen LogP contribution in [0.4, 0.5) is 5.69 Å². The van der Waals surface area contributed by atoms with Crippen molar-refractivity contribution in [1.82, 2.24) is 0 Å². The van der Waals surface area contributed by atoms with Gasteiger partial charge < -0.3 is 9.47 Å². The van der Waals surface area contributed by atoms with E-state index in [0.717, 1.165) is 5.56 Å². The first kappa shape index (κ1) is 14.9. The minimum absolute atomic E-state index is 0.0677. The predicted molar refractivity (Wildman–Crippen MR) is 83.7 cm³/mol. The van der Waals surface area contributed by atoms with Gasteiger partial charge in [0.2, 0.25) is 0 Å². The zero-order chi connectivity index (χ0) is 15.6. The fourth-order valence-corrected chi connectivity index (χ4v) is 3.20. The number of sulfonamides is 1. The number of benzene rings is 2. The molecule has 0 amide bonds. The quantitative estimate of drug-likeness (QED) is 0.831. The fraction of sp³-hybridized carbons (Fsp3) is 0.250. The van der Waals surface area contributed by atoms with Gasteiger partial charge in [-0.1, -0.05) is 24.3 Å². The van der Waals surface area contributed by atoms with E-state index in [4.69, 9.17) is 9.47 Å². The average molecular weight is 319 g/mol. The van der Waals surface area contributed by atoms with Crippen LogP contribution in [0.15, 0.2) is 53.4 Å². The number of anilines is 1. The molecule has 0 bridgehead atoms. The molecule has 0 spiro atoms. The van der Waals surface area contributed by atoms with Crippen molar-refractivity contribution >= 4 is 15.7 Å². The summed E-state index contributed by atoms with van der Waals surface area (Å²) >= 11 is 0. The lowest BCUT2D eigenvalue weighted by atomic mass is 10.2. The smallest absolute Gasteiger partial charge is 0.265 e. The van der Waals surface area contributed by atoms with E-state index in [1.165, 1.54) is 0 Å². The average Bonchev–Trinajstić information content (AvgIpc) is 3.29. The molecule has 1 aliphatic heterocycles. The number of ether oxygens (including phenoxy) is 2. The third-order valence-corrected chi connectivity index (χ3v) is 4.66. The summed E-state index contributed by atoms with van der Waals surface area (Å²) in [7, 11) is -3.70. The maximum absolute atomic E-state index is 12.6. The number of aryl methyl sites for hydroxylation is 1. The van der Waals surface area contributed by atoms with Gasteiger partial charge in [0.05, 0.1) is 6.61 Å². The zero-order valence-electron chi connectivity index (χ0n) is 12.2. The summed E-state index contributed by atoms with van der Waals surface area (Å²) < 4.78 is 38.4. The SMILES string of the molecule is Cc1ccc(S(=O)(=O)Nc2ccccc2)c(OCC2CO2)c1. The Labute approximate surface area is 129 Å². The van der Waals surface area contributed by atoms with Crippen LogP contribution < -0.4 is 9.46 Å². The zero-order valence-corrected chi connectivity index (χ0v) is 13.0. The first-order valence-corrected chi connectivity index (χ1v) is 8.46. The number of rotatable bonds is 6. The van der Waals surface area contributed by atoms with Crippen molar-refractivity contribution in [3.8, 4) is 5.75 Å². The Balaban J connectivity index is 1.88. The molecular weight excluding hydrogens is 302 g/mol. The van der Waals surface area contributed by atoms with Gasteiger partial charge in [-0.2, -0.15) is 0 Å². The van der Waals surface area contributed by atoms with Gasteiger partial charge in [-0.05, 0) is 36.8 Å². The largest absolute Gasteiger partial charge is 0.489 e. The molecule has 0 aromatic heterocycles. The second-order valence-corrected chi connectivity index (χ2v) is 6.84. The third-order valence-electron chi connectivity index (χ3n) is 3.24. The summed E-state index contributed by atoms with van der Waals surface area (Å²) in [6.45, 7) is 2.91. The first-order valence-electron chi connectivity index (χ1n) is 6.97. The van der Waals surface area contributed by atoms with Crippen molar-refractivity contribution in [3.63, 3.8) is 0 Å². The van der Waals surface area contributed by atoms with Gasteiger partial charge in [0.1, 0.15) is 23.4 Å². The monoisotopic (exact) mass is 319 g/mol. The van der Waals surface area contributed by atoms with Crippen LogP contribution in [0.1, 0.15) is 5.56 Å². The maximum Gasteiger partial charge on any atom is 0.265 e. The van der Waals surface area contributed by atoms with Crippen LogP contribution in [0.25, 0.3) is 0 Å². The topological polar surface area (TPSA) is 67.9 Å². The second-order valence-electron chi connectivity index (χ2n) is 5.19. The highest BCUT2D eigenvalue weighted by Gasteiger charge is 2.25. The summed E-state index contributed by atoms with van der Waals surface area (Å²) in [6, 6.07) is 13.8. The van der Waals surface area contributed by atoms with Gasteiger partial charge in [-0.25, -0.2) is 8.42 Å². The van der Waals surface area contributed by atoms with E-state index < -0.39 is 10.0 Å². The minimum atomic E-state index is -3.70. The van der Waals surface area contributed by atoms with Gasteiger partial charge in [-0.3, -0.25) is 4.72 Å². The lowest BCUT2D eigenvalue weighted by Gasteiger charge is -2.13. The fourth-order valence-electron chi connectivity index (χ4n) is 2.01. The Kier molecular flexibility index (Phi) is 4.04. The van der Waals surface area contributed by atoms with Gasteiger partial charge in [0, 0.05) is 5.69 Å². The molecule has 2 aromatic carbocycles. The molecule has 1 atom stereocenters. The van der Waals surface area contributed by atoms with Crippen LogP contribution in [0.2, 0.25) is 0 Å². The van der Waals surface area contributed by atoms with Gasteiger partial charge in [0.25, 0.3) is 10.0 Å². The minimum Gasteiger partial charge on any atom is -0.489 e. The van der Waals surface area contributed by atoms with E-state index in [0.29, 0.717) is 24.7 Å². The number of hydrogen-bond acceptors (Lipinski definition) is 4. The summed E-state index contributed by atoms with van der Waals surface area (Å²) in [5.41, 5.74) is 1.45. The third kappa shape index (κ3) is 3.58. The van der Waals surface area contributed by atoms with Gasteiger partial charge >= 0.3 is 0 Å². The molecule has 0 aliphatic carbocycles. The maximum atomic E-state index is 12.6. The van der Waals surface area contributed by atoms with Crippen LogP contribution in [-0.4, -0.2) is 27.7 Å². The van der Waals surface area contributed by atoms with Crippen molar-refractivity contribution in [1.29, 1.82) is 0 Å². The number of epoxide rings is 1. The van der Waals surface area contributed by atoms with E-state index >= 15 is 0 Å². The predicted octanol–water partition coefficient (Wildman–Crippen LogP) is 2.57. The molecule has 6 heteroatoms. The molecule has 1 heterocycles. The van der Waals surface area contributed by atoms with Crippen molar-refractivity contribution < 1.29 is 17.9 Å². The second kappa shape index (κ2) is 5.98. The van der Waals surface area contributed by atoms with E-state index in [9.17, 15) is 8.42 Å². The van der Waals surface area contributed by atoms with Crippen LogP contribution in [0.5, 0.6) is 5.75 Å². The number of hydrogen-bond donors (Lipinski definition) is 1. The molecule has 3 rings (SSSR count). The molecule has 0 radical (unpaired) electrons. The van der Waals surface area contributed by atoms with Crippen molar-refractivity contribution in [2.24, 2.45) is 0 Å². The van der Waals surface area contributed by atoms with E-state index in [-0.39, 0.29) is 11.0 Å². The Hall–Kier alpha value is -2.05. The Morgan fingerprint density at radius 2 is 1.95 bits per heavy atom. The standard InChI is InChI=1S/C16H17NO4S/c1-12-7-8-16(15(9-12)21-11-14-10-20-14)22(18,19)17-13-5-3-2-4-6-13/h2-9,14,17H,10-11H2,1H3. The number of para-hydroxylation sites is 1. The van der Waals surface area contributed by atoms with Crippen LogP contribution in [0.3, 0.4) is 0 Å². The highest BCUT2D eigenvalue weighted by atomic mass is 32.2. The molecule has 1 fully saturated rings. The van der Waals surface area contributed by atoms with E-state index in [1.807, 2.05) is 13.0 Å². The Bertz CT molecular complexity index is 755. The molecule has 5 nitrogen and oxygen atoms in total. The Morgan fingerprint density at radius 1 is 1.23 bits per heavy atom. The lowest BCUT2D eigenvalue weighted by molar-refractivity contribution is 0.258. The molecule has 22 heavy (non-hydrogen) atoms. The number of nitrogens with one attached hydrogen (secondary N) is 1. The summed E-state index contributed by atoms with van der Waals surface area (Å²) in [5.74, 6) is 0.346. The van der Waals surface area contributed by atoms with Crippen molar-refractivity contribution in [2.45, 2.75) is 17.9 Å². The molecule has 1 saturated heterocycles. The van der Waals surface area contributed by atoms with Crippen LogP contribution in [0, 0.1) is 6.92 Å². The molecule has 1 unspecified atom stereocenters. The highest BCUT2D eigenvalue weighted by Crippen LogP contribution is 2.28. The van der Waals surface area contributed by atoms with E-state index in [1.54, 1.807) is 42.5 Å². The van der Waals surface area contributed by atoms with Crippen molar-refractivity contribution in [2.75, 3.05) is 17.9 Å². The highest BCUT2D eigenvalue weighted by molar-refractivity contribution is 7.92. The molecule has 116 valence electrons. The normalized spacial score (nSPS) is 17.0. The van der Waals surface area contributed by atoms with Crippen molar-refractivity contribution in [3.05, 3.63) is 54.1 Å². The van der Waals surface area contributed by atoms with Gasteiger partial charge in [0.15, 0.2) is 0 Å². The lowest BCUT2D eigenvalue weighted by Crippen LogP contribution is -2.15. The molecular formula is C16H17NO4S. The summed E-state index contributed by atoms with van der Waals surface area (Å²) in [4.78, 5) is 0.127. The molecule has 1 aliphatic rings. The van der Waals surface area contributed by atoms with Gasteiger partial charge in [-0.15, -0.1) is 0 Å². The van der Waals surface area contributed by atoms with E-state index in [2.05, 4.69) is 4.72 Å². The first-order chi connectivity index (χ1) is 10.5. The van der Waals surface area contributed by atoms with Crippen LogP contribution in [-0.2, 0) is 14.8 Å². The summed E-state index contributed by atoms with van der Waals surface area (Å²) in [5, 5.41) is 0. The van der Waals surface area contributed by atoms with Crippen LogP contribution >= 0.6 is 0 Å². The molecule has 2 aromatic rings. The Morgan fingerprint density at radius 3 is 2.64 bits per heavy atom. The molecule has 0 saturated carbocycles.